The molecule has 0 radical (unpaired) electrons. The monoisotopic (exact) mass is 1940 g/mol. The number of nitrogens with two attached hydrogens (primary N) is 4. The number of fused-ring (bicyclic) bond motifs is 4. The number of unbranched alkanes of at least 4 members (excludes halogenated alkanes) is 2. The molecule has 0 spiro atoms. The number of rotatable bonds is 26. The molecule has 44 heteroatoms. The van der Waals surface area contributed by atoms with Crippen molar-refractivity contribution in [2.45, 2.75) is 235 Å². The molecule has 9 rings (SSSR count). The van der Waals surface area contributed by atoms with E-state index < -0.39 is 254 Å². The van der Waals surface area contributed by atoms with Gasteiger partial charge in [-0.1, -0.05) is 114 Å². The van der Waals surface area contributed by atoms with Gasteiger partial charge in [-0.3, -0.25) is 86.3 Å². The number of aliphatic carboxylic acids is 1. The third kappa shape index (κ3) is 29.4. The molecule has 748 valence electrons. The molecule has 23 N–H and O–H groups in total. The maximum atomic E-state index is 16.0. The fraction of sp³-hybridized carbons (Fsp3) is 0.511. The molecule has 0 bridgehead atoms. The van der Waals surface area contributed by atoms with Crippen LogP contribution in [0.2, 0.25) is 0 Å². The van der Waals surface area contributed by atoms with Crippen molar-refractivity contribution < 1.29 is 107 Å². The molecule has 1 unspecified atom stereocenters. The summed E-state index contributed by atoms with van der Waals surface area (Å²) in [6.07, 6.45) is 0.299. The standard InChI is InChI=1S/C94H129N21O22S/c1-9-11-21-73-87(130)103-64(37-53-25-29-57(116)30-26-53)84(127)109-71(82(125)100-45-78(98)120)49-138-50-79(121)101-67(38-54-27-31-58(117)32-28-54)90(133)110(6)52(5)81(124)105-69(42-77(97)119)92(135)114-35-17-24-74(114)88(131)108-70(43-96)86(129)106-66(36-51(3)4)93(136)115-47-59(118)41-76(115)89(132)104-65(39-55-44-99-62-20-15-13-18-60(55)62)85(128)102-63(33-34-95)83(126)107-68(91(134)112(8)75(22-12-10-2)94(137)111(73)7)40-56-46-113(48-80(122)123)72-23-16-14-19-61(56)72/h13-16,18-20,23,25-32,44,46,51-52,59,63-71,73-76,99,116-118H,9-12,17,21-22,24,33-43,45,47-50,95-96H2,1-8H3,(H2,97,119)(H2,98,120)(H,100,125)(H,101,121)(H,102,128)(H,103,130)(H,104,132)(H,105,124)(H,106,129)(H,107,126)(H,108,131)(H,109,127)(H,122,123)/t52-,59+,63-,64-,65-,66-,67-,68-,69-,70-,71-,73-,74?,75-,76-/m0/s1. The Hall–Kier alpha value is -13.8. The number of nitrogens with one attached hydrogen (secondary N) is 11. The largest absolute Gasteiger partial charge is 0.508 e. The van der Waals surface area contributed by atoms with Gasteiger partial charge < -0.3 is 131 Å². The SMILES string of the molecule is CCCC[C@H]1C(=O)N(C)[C@@H](CCCC)C(=O)N[C@@H](Cc2ccc(O)cc2)C(=O)N[C@H](C(=O)NCC(N)=O)CSCC(=O)N[C@@H](Cc2ccc(O)cc2)C(=O)N(C)[C@@H](C)C(=O)N[C@@H](CC(N)=O)C(=O)N2CCCC2C(=O)N[C@@H](CN)C(=O)N[C@@H](CC(C)C)C(=O)N2C[C@H](O)C[C@H]2C(=O)N[C@@H](Cc2c[nH]c3ccccc23)C(=O)N[C@@H](CCN)C(=O)N[C@@H](Cc2cn(CC(=O)O)c3ccccc23)C(=O)N1C. The van der Waals surface area contributed by atoms with Gasteiger partial charge >= 0.3 is 5.97 Å². The molecule has 6 aromatic rings. The van der Waals surface area contributed by atoms with Crippen LogP contribution in [0.15, 0.2) is 109 Å². The van der Waals surface area contributed by atoms with Gasteiger partial charge in [0.15, 0.2) is 0 Å². The number of hydrogen-bond acceptors (Lipinski definition) is 24. The number of carbonyl (C=O) groups excluding carboxylic acids is 17. The number of likely N-dealkylation sites (N-methyl/N-ethyl adjacent to an activating group) is 3. The molecule has 4 aromatic carbocycles. The lowest BCUT2D eigenvalue weighted by Crippen LogP contribution is -2.62. The number of phenolic OH excluding ortho intramolecular Hbond substituents is 2. The fourth-order valence-corrected chi connectivity index (χ4v) is 18.0. The van der Waals surface area contributed by atoms with Crippen LogP contribution in [0.4, 0.5) is 0 Å². The number of carbonyl (C=O) groups is 18. The predicted octanol–water partition coefficient (Wildman–Crippen LogP) is -2.34. The van der Waals surface area contributed by atoms with E-state index in [0.29, 0.717) is 63.3 Å². The van der Waals surface area contributed by atoms with Crippen molar-refractivity contribution >= 4 is 140 Å². The van der Waals surface area contributed by atoms with E-state index in [1.807, 2.05) is 13.8 Å². The molecule has 0 saturated carbocycles. The van der Waals surface area contributed by atoms with Crippen molar-refractivity contribution in [2.75, 3.05) is 65.4 Å². The van der Waals surface area contributed by atoms with E-state index in [4.69, 9.17) is 22.9 Å². The summed E-state index contributed by atoms with van der Waals surface area (Å²) < 4.78 is 1.43. The van der Waals surface area contributed by atoms with Gasteiger partial charge in [0.25, 0.3) is 0 Å². The van der Waals surface area contributed by atoms with E-state index in [-0.39, 0.29) is 94.7 Å². The second-order valence-corrected chi connectivity index (χ2v) is 36.6. The number of primary amides is 2. The number of thioether (sulfide) groups is 1. The van der Waals surface area contributed by atoms with Crippen LogP contribution in [0.1, 0.15) is 134 Å². The van der Waals surface area contributed by atoms with E-state index in [1.54, 1.807) is 68.6 Å². The van der Waals surface area contributed by atoms with Crippen molar-refractivity contribution in [3.63, 3.8) is 0 Å². The topological polar surface area (TPSA) is 649 Å². The molecular formula is C94H129N21O22S. The number of aromatic hydroxyl groups is 2. The number of aromatic amines is 1. The molecule has 17 amide bonds. The highest BCUT2D eigenvalue weighted by molar-refractivity contribution is 8.00. The van der Waals surface area contributed by atoms with E-state index in [0.717, 1.165) is 36.3 Å². The number of aliphatic hydroxyl groups excluding tert-OH is 1. The summed E-state index contributed by atoms with van der Waals surface area (Å²) in [5, 5.41) is 69.7. The molecule has 5 heterocycles. The predicted molar refractivity (Wildman–Crippen MR) is 507 cm³/mol. The van der Waals surface area contributed by atoms with Crippen molar-refractivity contribution in [2.24, 2.45) is 28.9 Å². The number of H-pyrrole nitrogens is 1. The van der Waals surface area contributed by atoms with Gasteiger partial charge in [0.05, 0.1) is 24.8 Å². The van der Waals surface area contributed by atoms with Crippen molar-refractivity contribution in [1.29, 1.82) is 0 Å². The van der Waals surface area contributed by atoms with Crippen molar-refractivity contribution in [3.8, 4) is 11.5 Å². The maximum absolute atomic E-state index is 16.0. The van der Waals surface area contributed by atoms with Gasteiger partial charge in [-0.2, -0.15) is 0 Å². The van der Waals surface area contributed by atoms with Crippen molar-refractivity contribution in [1.82, 2.24) is 87.2 Å². The number of carboxylic acids is 1. The maximum Gasteiger partial charge on any atom is 0.323 e. The average Bonchev–Trinajstić information content (AvgIpc) is 1.64. The Bertz CT molecular complexity index is 5380. The van der Waals surface area contributed by atoms with Gasteiger partial charge in [-0.25, -0.2) is 0 Å². The molecular weight excluding hydrogens is 1810 g/mol. The first-order chi connectivity index (χ1) is 65.6. The quantitative estimate of drug-likeness (QED) is 0.0271. The van der Waals surface area contributed by atoms with Crippen molar-refractivity contribution in [3.05, 3.63) is 132 Å². The molecule has 0 aliphatic carbocycles. The summed E-state index contributed by atoms with van der Waals surface area (Å²) in [6.45, 7) is 5.61. The number of carboxylic acid groups (broad SMARTS) is 1. The Morgan fingerprint density at radius 2 is 1.05 bits per heavy atom. The van der Waals surface area contributed by atoms with Gasteiger partial charge in [0.1, 0.15) is 103 Å². The number of para-hydroxylation sites is 2. The van der Waals surface area contributed by atoms with Gasteiger partial charge in [0.2, 0.25) is 100 Å². The number of aliphatic hydroxyl groups is 1. The number of amides is 17. The van der Waals surface area contributed by atoms with Crippen LogP contribution in [0.25, 0.3) is 21.8 Å². The molecule has 3 aliphatic rings. The Labute approximate surface area is 802 Å². The number of hydrogen-bond donors (Lipinski definition) is 19. The summed E-state index contributed by atoms with van der Waals surface area (Å²) in [5.41, 5.74) is 26.3. The minimum Gasteiger partial charge on any atom is -0.508 e. The minimum atomic E-state index is -1.78. The van der Waals surface area contributed by atoms with Gasteiger partial charge in [0, 0.05) is 113 Å². The zero-order valence-electron chi connectivity index (χ0n) is 78.6. The van der Waals surface area contributed by atoms with E-state index in [9.17, 15) is 68.4 Å². The molecule has 3 fully saturated rings. The zero-order valence-corrected chi connectivity index (χ0v) is 79.5. The first-order valence-corrected chi connectivity index (χ1v) is 47.3. The number of benzene rings is 4. The van der Waals surface area contributed by atoms with Crippen LogP contribution >= 0.6 is 11.8 Å². The summed E-state index contributed by atoms with van der Waals surface area (Å²) in [4.78, 5) is 272. The lowest BCUT2D eigenvalue weighted by Gasteiger charge is -2.36. The normalized spacial score (nSPS) is 24.5. The van der Waals surface area contributed by atoms with Crippen LogP contribution in [-0.2, 0) is 119 Å². The van der Waals surface area contributed by atoms with Gasteiger partial charge in [-0.15, -0.1) is 11.8 Å². The Balaban J connectivity index is 1.12. The van der Waals surface area contributed by atoms with Crippen LogP contribution in [0.3, 0.4) is 0 Å². The summed E-state index contributed by atoms with van der Waals surface area (Å²) >= 11 is 0.749. The second-order valence-electron chi connectivity index (χ2n) is 35.5. The molecule has 43 nitrogen and oxygen atoms in total. The van der Waals surface area contributed by atoms with Crippen LogP contribution < -0.4 is 76.1 Å². The Morgan fingerprint density at radius 1 is 0.529 bits per heavy atom. The first kappa shape index (κ1) is 108. The van der Waals surface area contributed by atoms with Crippen LogP contribution in [-0.4, -0.2) is 317 Å². The van der Waals surface area contributed by atoms with Crippen LogP contribution in [0.5, 0.6) is 11.5 Å². The Morgan fingerprint density at radius 3 is 1.67 bits per heavy atom. The highest BCUT2D eigenvalue weighted by Gasteiger charge is 2.47. The molecule has 3 saturated heterocycles. The third-order valence-corrected chi connectivity index (χ3v) is 25.8. The highest BCUT2D eigenvalue weighted by atomic mass is 32.2. The van der Waals surface area contributed by atoms with E-state index in [2.05, 4.69) is 58.2 Å². The highest BCUT2D eigenvalue weighted by Crippen LogP contribution is 2.29. The number of aromatic nitrogens is 2. The fourth-order valence-electron chi connectivity index (χ4n) is 17.2. The van der Waals surface area contributed by atoms with Gasteiger partial charge in [-0.05, 0) is 117 Å². The summed E-state index contributed by atoms with van der Waals surface area (Å²) in [5.74, 6) is -19.2. The molecule has 2 aromatic heterocycles. The molecule has 15 atom stereocenters. The Kier molecular flexibility index (Phi) is 39.8. The average molecular weight is 1940 g/mol. The first-order valence-electron chi connectivity index (χ1n) is 46.2. The number of nitrogens with zero attached hydrogens (tertiary/aromatic N) is 6. The molecule has 3 aliphatic heterocycles. The second kappa shape index (κ2) is 50.9. The zero-order chi connectivity index (χ0) is 101. The lowest BCUT2D eigenvalue weighted by molar-refractivity contribution is -0.149. The van der Waals surface area contributed by atoms with Crippen LogP contribution in [0, 0.1) is 5.92 Å². The smallest absolute Gasteiger partial charge is 0.323 e. The van der Waals surface area contributed by atoms with E-state index in [1.165, 1.54) is 87.4 Å². The summed E-state index contributed by atoms with van der Waals surface area (Å²) in [7, 11) is 3.85. The lowest BCUT2D eigenvalue weighted by atomic mass is 9.99. The minimum absolute atomic E-state index is 0.0260. The number of phenols is 2. The summed E-state index contributed by atoms with van der Waals surface area (Å²) in [6, 6.07) is 2.73. The molecule has 138 heavy (non-hydrogen) atoms. The third-order valence-electron chi connectivity index (χ3n) is 24.7. The van der Waals surface area contributed by atoms with E-state index >= 15 is 38.4 Å².